The minimum absolute atomic E-state index is 0. The number of imidazole rings is 1. The Morgan fingerprint density at radius 1 is 0.710 bits per heavy atom. The van der Waals surface area contributed by atoms with Crippen molar-refractivity contribution in [1.82, 2.24) is 14.5 Å². The summed E-state index contributed by atoms with van der Waals surface area (Å²) in [6, 6.07) is 52.4. The quantitative estimate of drug-likeness (QED) is 0.123. The van der Waals surface area contributed by atoms with Gasteiger partial charge in [-0.05, 0) is 111 Å². The minimum atomic E-state index is -2.33. The Labute approximate surface area is 384 Å². The second-order valence-electron chi connectivity index (χ2n) is 17.0. The summed E-state index contributed by atoms with van der Waals surface area (Å²) in [4.78, 5) is 9.58. The van der Waals surface area contributed by atoms with Crippen LogP contribution in [0.3, 0.4) is 0 Å². The number of hydrogen-bond acceptors (Lipinski definition) is 3. The molecule has 3 aromatic heterocycles. The van der Waals surface area contributed by atoms with E-state index in [1.165, 1.54) is 33.8 Å². The summed E-state index contributed by atoms with van der Waals surface area (Å²) in [6.45, 7) is 6.71. The number of rotatable bonds is 6. The van der Waals surface area contributed by atoms with E-state index in [4.69, 9.17) is 13.5 Å². The SMILES string of the molecule is CC(C)c1cccc(C(C)C)c1-n1c(-c2[c-]cccc2)nc2ccccc21.[2H]C([2H])([2H])c1cnc(-c2[c-]ccc3c2oc2cc4c(ccc5ccccc54)cc23)cc1C1([2H])CCCCC1.[Ir]. The number of para-hydroxylation sites is 3. The molecular formula is C57H51IrN3O-2. The first-order valence-electron chi connectivity index (χ1n) is 23.7. The average molecular weight is 990 g/mol. The molecule has 0 saturated heterocycles. The van der Waals surface area contributed by atoms with Gasteiger partial charge in [0.1, 0.15) is 5.58 Å². The molecule has 0 spiro atoms. The first kappa shape index (κ1) is 36.8. The van der Waals surface area contributed by atoms with E-state index in [-0.39, 0.29) is 25.7 Å². The van der Waals surface area contributed by atoms with E-state index in [0.29, 0.717) is 47.1 Å². The van der Waals surface area contributed by atoms with E-state index in [2.05, 4.69) is 140 Å². The fraction of sp³-hybridized carbons (Fsp3) is 0.228. The van der Waals surface area contributed by atoms with E-state index in [1.54, 1.807) is 0 Å². The number of aryl methyl sites for hydroxylation is 1. The number of nitrogens with zero attached hydrogens (tertiary/aromatic N) is 3. The molecule has 3 heterocycles. The second kappa shape index (κ2) is 17.5. The molecule has 1 saturated carbocycles. The molecule has 1 aliphatic carbocycles. The Morgan fingerprint density at radius 2 is 1.47 bits per heavy atom. The van der Waals surface area contributed by atoms with Gasteiger partial charge in [-0.15, -0.1) is 54.1 Å². The zero-order chi connectivity index (χ0) is 45.0. The largest absolute Gasteiger partial charge is 0.501 e. The van der Waals surface area contributed by atoms with E-state index < -0.39 is 12.7 Å². The number of benzene rings is 7. The Morgan fingerprint density at radius 3 is 2.24 bits per heavy atom. The molecule has 1 fully saturated rings. The first-order valence-corrected chi connectivity index (χ1v) is 21.7. The normalized spacial score (nSPS) is 15.0. The fourth-order valence-corrected chi connectivity index (χ4v) is 9.30. The molecule has 311 valence electrons. The average Bonchev–Trinajstić information content (AvgIpc) is 3.89. The van der Waals surface area contributed by atoms with Gasteiger partial charge in [0.15, 0.2) is 0 Å². The van der Waals surface area contributed by atoms with Gasteiger partial charge >= 0.3 is 0 Å². The van der Waals surface area contributed by atoms with E-state index in [9.17, 15) is 1.37 Å². The van der Waals surface area contributed by atoms with E-state index in [0.717, 1.165) is 68.8 Å². The van der Waals surface area contributed by atoms with Crippen LogP contribution in [0.15, 0.2) is 144 Å². The number of pyridine rings is 1. The number of fused-ring (bicyclic) bond motifs is 7. The maximum absolute atomic E-state index is 9.23. The van der Waals surface area contributed by atoms with Gasteiger partial charge in [-0.25, -0.2) is 0 Å². The molecule has 10 aromatic rings. The van der Waals surface area contributed by atoms with Crippen molar-refractivity contribution in [3.63, 3.8) is 0 Å². The summed E-state index contributed by atoms with van der Waals surface area (Å²) in [5, 5.41) is 6.62. The first-order chi connectivity index (χ1) is 31.4. The van der Waals surface area contributed by atoms with Crippen molar-refractivity contribution in [2.75, 3.05) is 0 Å². The molecular weight excluding hydrogens is 935 g/mol. The van der Waals surface area contributed by atoms with Gasteiger partial charge in [-0.2, -0.15) is 0 Å². The summed E-state index contributed by atoms with van der Waals surface area (Å²) >= 11 is 0. The van der Waals surface area contributed by atoms with Gasteiger partial charge in [-0.1, -0.05) is 131 Å². The predicted octanol–water partition coefficient (Wildman–Crippen LogP) is 15.8. The molecule has 5 heteroatoms. The summed E-state index contributed by atoms with van der Waals surface area (Å²) < 4.78 is 42.4. The van der Waals surface area contributed by atoms with Crippen molar-refractivity contribution in [2.45, 2.75) is 84.4 Å². The van der Waals surface area contributed by atoms with Gasteiger partial charge in [0.2, 0.25) is 0 Å². The molecule has 0 N–H and O–H groups in total. The van der Waals surface area contributed by atoms with Crippen molar-refractivity contribution in [2.24, 2.45) is 0 Å². The Hall–Kier alpha value is -5.87. The van der Waals surface area contributed by atoms with Crippen LogP contribution >= 0.6 is 0 Å². The summed E-state index contributed by atoms with van der Waals surface area (Å²) in [5.41, 5.74) is 10.6. The van der Waals surface area contributed by atoms with Crippen LogP contribution in [0, 0.1) is 19.0 Å². The summed E-state index contributed by atoms with van der Waals surface area (Å²) in [6.07, 6.45) is 5.68. The maximum atomic E-state index is 9.23. The molecule has 0 atom stereocenters. The van der Waals surface area contributed by atoms with Crippen LogP contribution < -0.4 is 0 Å². The molecule has 4 nitrogen and oxygen atoms in total. The second-order valence-corrected chi connectivity index (χ2v) is 17.0. The van der Waals surface area contributed by atoms with Gasteiger partial charge in [0, 0.05) is 42.9 Å². The van der Waals surface area contributed by atoms with E-state index in [1.807, 2.05) is 42.5 Å². The summed E-state index contributed by atoms with van der Waals surface area (Å²) in [7, 11) is 0. The molecule has 62 heavy (non-hydrogen) atoms. The third-order valence-corrected chi connectivity index (χ3v) is 12.4. The fourth-order valence-electron chi connectivity index (χ4n) is 9.30. The van der Waals surface area contributed by atoms with Crippen LogP contribution in [0.1, 0.15) is 105 Å². The van der Waals surface area contributed by atoms with Crippen LogP contribution in [0.25, 0.3) is 82.8 Å². The minimum Gasteiger partial charge on any atom is -0.501 e. The molecule has 1 radical (unpaired) electrons. The van der Waals surface area contributed by atoms with Gasteiger partial charge in [0.25, 0.3) is 0 Å². The van der Waals surface area contributed by atoms with Crippen molar-refractivity contribution in [1.29, 1.82) is 0 Å². The third-order valence-electron chi connectivity index (χ3n) is 12.4. The van der Waals surface area contributed by atoms with Crippen LogP contribution in [0.2, 0.25) is 0 Å². The number of aromatic nitrogens is 3. The Kier molecular flexibility index (Phi) is 10.4. The number of furan rings is 1. The standard InChI is InChI=1S/C32H26NO.C25H25N2.Ir/c1-20-19-33-30(17-27(20)21-8-3-2-4-9-21)26-13-7-12-25-29-16-23-15-14-22-10-5-6-11-24(22)28(23)18-31(29)34-32(25)26;1-17(2)20-13-10-14-21(18(3)4)24(20)27-23-16-9-8-15-22(23)26-25(27)19-11-6-5-7-12-19;/h5-7,10-12,14-19,21H,2-4,8-9H2,1H3;5-11,13-18H,1-4H3;/q2*-1;/i1D3,21D;;. The zero-order valence-corrected chi connectivity index (χ0v) is 37.9. The zero-order valence-electron chi connectivity index (χ0n) is 39.6. The molecule has 7 aromatic carbocycles. The van der Waals surface area contributed by atoms with Gasteiger partial charge in [-0.3, -0.25) is 4.98 Å². The molecule has 0 aliphatic heterocycles. The molecule has 1 aliphatic rings. The maximum Gasteiger partial charge on any atom is 0.121 e. The molecule has 0 amide bonds. The van der Waals surface area contributed by atoms with Crippen LogP contribution in [0.5, 0.6) is 0 Å². The summed E-state index contributed by atoms with van der Waals surface area (Å²) in [5.74, 6) is 0.868. The van der Waals surface area contributed by atoms with Crippen LogP contribution in [-0.4, -0.2) is 14.5 Å². The van der Waals surface area contributed by atoms with Crippen LogP contribution in [-0.2, 0) is 20.1 Å². The van der Waals surface area contributed by atoms with Crippen LogP contribution in [0.4, 0.5) is 0 Å². The molecule has 0 unspecified atom stereocenters. The Balaban J connectivity index is 0.000000173. The van der Waals surface area contributed by atoms with Gasteiger partial charge in [0.05, 0.1) is 22.4 Å². The van der Waals surface area contributed by atoms with Crippen molar-refractivity contribution >= 4 is 54.5 Å². The van der Waals surface area contributed by atoms with Gasteiger partial charge < -0.3 is 14.0 Å². The van der Waals surface area contributed by atoms with Crippen molar-refractivity contribution in [3.05, 3.63) is 174 Å². The predicted molar refractivity (Wildman–Crippen MR) is 255 cm³/mol. The van der Waals surface area contributed by atoms with E-state index >= 15 is 0 Å². The molecule has 0 bridgehead atoms. The monoisotopic (exact) mass is 990 g/mol. The Bertz CT molecular complexity index is 3360. The number of hydrogen-bond donors (Lipinski definition) is 0. The topological polar surface area (TPSA) is 43.9 Å². The third kappa shape index (κ3) is 7.56. The smallest absolute Gasteiger partial charge is 0.121 e. The molecule has 11 rings (SSSR count). The van der Waals surface area contributed by atoms with Crippen molar-refractivity contribution in [3.8, 4) is 28.3 Å². The van der Waals surface area contributed by atoms with Crippen molar-refractivity contribution < 1.29 is 30.0 Å².